The molecule has 6 atom stereocenters. The van der Waals surface area contributed by atoms with Crippen LogP contribution in [0, 0.1) is 0 Å². The van der Waals surface area contributed by atoms with Crippen LogP contribution >= 0.6 is 23.5 Å². The third kappa shape index (κ3) is 7.06. The van der Waals surface area contributed by atoms with Crippen molar-refractivity contribution in [2.24, 2.45) is 0 Å². The fourth-order valence-corrected chi connectivity index (χ4v) is 18.4. The summed E-state index contributed by atoms with van der Waals surface area (Å²) in [7, 11) is 0. The first-order valence-electron chi connectivity index (χ1n) is 7.51. The molecule has 0 aromatic carbocycles. The van der Waals surface area contributed by atoms with Crippen molar-refractivity contribution in [1.82, 2.24) is 0 Å². The molecular weight excluding hydrogens is 645 g/mol. The van der Waals surface area contributed by atoms with Gasteiger partial charge < -0.3 is 0 Å². The molecular formula is C14H24S2Se2Te2. The zero-order valence-corrected chi connectivity index (χ0v) is 21.8. The Balaban J connectivity index is 1.36. The molecule has 0 aliphatic carbocycles. The van der Waals surface area contributed by atoms with Gasteiger partial charge in [-0.2, -0.15) is 0 Å². The molecule has 0 saturated carbocycles. The van der Waals surface area contributed by atoms with Crippen LogP contribution in [0.1, 0.15) is 25.7 Å². The minimum absolute atomic E-state index is 0.984. The topological polar surface area (TPSA) is 0 Å². The number of hydrogen-bond acceptors (Lipinski definition) is 2. The zero-order chi connectivity index (χ0) is 13.9. The number of rotatable bonds is 8. The summed E-state index contributed by atoms with van der Waals surface area (Å²) in [4.78, 5) is 2.35. The fraction of sp³-hybridized carbons (Fsp3) is 1.00. The van der Waals surface area contributed by atoms with Crippen LogP contribution in [0.25, 0.3) is 0 Å². The minimum atomic E-state index is 0.984. The van der Waals surface area contributed by atoms with E-state index in [0.717, 1.165) is 48.3 Å². The van der Waals surface area contributed by atoms with Crippen molar-refractivity contribution >= 4 is 98.0 Å². The molecule has 3 rings (SSSR count). The average Bonchev–Trinajstić information content (AvgIpc) is 3.26. The molecule has 0 aromatic rings. The third-order valence-electron chi connectivity index (χ3n) is 3.94. The van der Waals surface area contributed by atoms with Crippen molar-refractivity contribution in [1.29, 1.82) is 0 Å². The molecule has 0 bridgehead atoms. The van der Waals surface area contributed by atoms with Gasteiger partial charge in [-0.1, -0.05) is 0 Å². The molecule has 116 valence electrons. The normalized spacial score (nSPS) is 39.3. The van der Waals surface area contributed by atoms with E-state index < -0.39 is 0 Å². The van der Waals surface area contributed by atoms with E-state index in [1.807, 2.05) is 0 Å². The standard InChI is InChI=1S/C14H24S2Se2Te2/c19-13(1-9-5-15-9)3-11-7-17-8-12(18-11)4-14(20)2-10-6-16-10/h9-14,19-20H,1-8H2. The number of hydrogen-bond donors (Lipinski definition) is 0. The SMILES string of the molecule is [TeH]C(CC1CS1)CC1C[Se]CC(CC([TeH])CC2CS2)[Se]1. The van der Waals surface area contributed by atoms with Crippen LogP contribution in [-0.4, -0.2) is 96.5 Å². The fourth-order valence-electron chi connectivity index (χ4n) is 2.74. The summed E-state index contributed by atoms with van der Waals surface area (Å²) in [6.45, 7) is 0. The van der Waals surface area contributed by atoms with Crippen molar-refractivity contribution < 1.29 is 0 Å². The Kier molecular flexibility index (Phi) is 8.28. The Hall–Kier alpha value is 3.32. The molecule has 6 heteroatoms. The number of thioether (sulfide) groups is 2. The molecule has 0 spiro atoms. The van der Waals surface area contributed by atoms with Crippen LogP contribution in [0.5, 0.6) is 0 Å². The van der Waals surface area contributed by atoms with Gasteiger partial charge in [0.05, 0.1) is 0 Å². The van der Waals surface area contributed by atoms with E-state index in [0.29, 0.717) is 0 Å². The van der Waals surface area contributed by atoms with E-state index in [-0.39, 0.29) is 0 Å². The molecule has 0 amide bonds. The van der Waals surface area contributed by atoms with Crippen LogP contribution in [0.3, 0.4) is 0 Å². The summed E-state index contributed by atoms with van der Waals surface area (Å²) in [5.41, 5.74) is 0. The Morgan fingerprint density at radius 2 is 1.30 bits per heavy atom. The molecule has 6 unspecified atom stereocenters. The maximum absolute atomic E-state index is 2.20. The molecule has 3 fully saturated rings. The molecule has 3 heterocycles. The Labute approximate surface area is 171 Å². The Morgan fingerprint density at radius 1 is 0.850 bits per heavy atom. The van der Waals surface area contributed by atoms with E-state index in [4.69, 9.17) is 0 Å². The van der Waals surface area contributed by atoms with Gasteiger partial charge in [-0.3, -0.25) is 0 Å². The van der Waals surface area contributed by atoms with Crippen LogP contribution < -0.4 is 0 Å². The van der Waals surface area contributed by atoms with Crippen molar-refractivity contribution in [3.05, 3.63) is 0 Å². The average molecular weight is 670 g/mol. The van der Waals surface area contributed by atoms with E-state index in [1.165, 1.54) is 21.1 Å². The first kappa shape index (κ1) is 18.1. The third-order valence-corrected chi connectivity index (χ3v) is 16.3. The second-order valence-electron chi connectivity index (χ2n) is 6.08. The summed E-state index contributed by atoms with van der Waals surface area (Å²) in [5.74, 6) is 2.94. The van der Waals surface area contributed by atoms with E-state index in [2.05, 4.69) is 68.1 Å². The van der Waals surface area contributed by atoms with E-state index >= 15 is 0 Å². The van der Waals surface area contributed by atoms with Gasteiger partial charge in [-0.15, -0.1) is 0 Å². The van der Waals surface area contributed by atoms with Crippen LogP contribution in [-0.2, 0) is 0 Å². The first-order valence-corrected chi connectivity index (χ1v) is 17.0. The molecule has 3 saturated heterocycles. The molecule has 0 radical (unpaired) electrons. The predicted molar refractivity (Wildman–Crippen MR) is 101 cm³/mol. The van der Waals surface area contributed by atoms with Crippen LogP contribution in [0.2, 0.25) is 28.2 Å². The van der Waals surface area contributed by atoms with Crippen molar-refractivity contribution in [3.63, 3.8) is 0 Å². The summed E-state index contributed by atoms with van der Waals surface area (Å²) in [6.07, 6.45) is 6.28. The second kappa shape index (κ2) is 9.14. The van der Waals surface area contributed by atoms with Crippen molar-refractivity contribution in [3.8, 4) is 0 Å². The maximum atomic E-state index is 2.20. The molecule has 20 heavy (non-hydrogen) atoms. The zero-order valence-electron chi connectivity index (χ0n) is 11.6. The van der Waals surface area contributed by atoms with Gasteiger partial charge in [-0.25, -0.2) is 0 Å². The first-order chi connectivity index (χ1) is 9.69. The monoisotopic (exact) mass is 676 g/mol. The second-order valence-corrected chi connectivity index (χ2v) is 18.5. The van der Waals surface area contributed by atoms with E-state index in [1.54, 1.807) is 36.3 Å². The van der Waals surface area contributed by atoms with Gasteiger partial charge in [0.15, 0.2) is 0 Å². The van der Waals surface area contributed by atoms with Gasteiger partial charge >= 0.3 is 174 Å². The molecule has 0 nitrogen and oxygen atoms in total. The Morgan fingerprint density at radius 3 is 1.70 bits per heavy atom. The molecule has 0 aromatic heterocycles. The van der Waals surface area contributed by atoms with Gasteiger partial charge in [-0.05, 0) is 0 Å². The van der Waals surface area contributed by atoms with E-state index in [9.17, 15) is 0 Å². The Bertz CT molecular complexity index is 286. The summed E-state index contributed by atoms with van der Waals surface area (Å²) >= 11 is 10.7. The van der Waals surface area contributed by atoms with Gasteiger partial charge in [0.1, 0.15) is 0 Å². The van der Waals surface area contributed by atoms with Gasteiger partial charge in [0, 0.05) is 0 Å². The van der Waals surface area contributed by atoms with Crippen molar-refractivity contribution in [2.45, 2.75) is 64.4 Å². The van der Waals surface area contributed by atoms with Gasteiger partial charge in [0.25, 0.3) is 0 Å². The van der Waals surface area contributed by atoms with Crippen LogP contribution in [0.15, 0.2) is 0 Å². The quantitative estimate of drug-likeness (QED) is 0.288. The molecule has 3 aliphatic heterocycles. The predicted octanol–water partition coefficient (Wildman–Crippen LogP) is 2.99. The summed E-state index contributed by atoms with van der Waals surface area (Å²) in [5, 5.41) is 5.41. The summed E-state index contributed by atoms with van der Waals surface area (Å²) < 4.78 is 2.13. The summed E-state index contributed by atoms with van der Waals surface area (Å²) in [6, 6.07) is 0. The van der Waals surface area contributed by atoms with Gasteiger partial charge in [0.2, 0.25) is 0 Å². The van der Waals surface area contributed by atoms with Crippen molar-refractivity contribution in [2.75, 3.05) is 11.5 Å². The molecule has 3 aliphatic rings. The van der Waals surface area contributed by atoms with Crippen LogP contribution in [0.4, 0.5) is 0 Å². The molecule has 0 N–H and O–H groups in total.